The highest BCUT2D eigenvalue weighted by Gasteiger charge is 2.19. The van der Waals surface area contributed by atoms with Crippen LogP contribution in [0.3, 0.4) is 0 Å². The third kappa shape index (κ3) is 4.55. The maximum absolute atomic E-state index is 5.06. The first-order valence-electron chi connectivity index (χ1n) is 8.48. The Labute approximate surface area is 129 Å². The molecule has 2 rings (SSSR count). The minimum absolute atomic E-state index is 0.626. The van der Waals surface area contributed by atoms with Crippen LogP contribution >= 0.6 is 0 Å². The van der Waals surface area contributed by atoms with Crippen molar-refractivity contribution in [1.29, 1.82) is 0 Å². The number of aryl methyl sites for hydroxylation is 1. The van der Waals surface area contributed by atoms with Crippen LogP contribution in [0.25, 0.3) is 0 Å². The van der Waals surface area contributed by atoms with E-state index in [9.17, 15) is 0 Å². The van der Waals surface area contributed by atoms with Crippen molar-refractivity contribution in [2.24, 2.45) is 0 Å². The largest absolute Gasteiger partial charge is 0.383 e. The highest BCUT2D eigenvalue weighted by Crippen LogP contribution is 2.29. The average molecular weight is 293 g/mol. The van der Waals surface area contributed by atoms with Gasteiger partial charge in [-0.05, 0) is 45.2 Å². The van der Waals surface area contributed by atoms with E-state index in [-0.39, 0.29) is 0 Å². The second-order valence-electron chi connectivity index (χ2n) is 6.23. The van der Waals surface area contributed by atoms with Crippen molar-refractivity contribution in [3.63, 3.8) is 0 Å². The van der Waals surface area contributed by atoms with Crippen LogP contribution < -0.4 is 5.32 Å². The van der Waals surface area contributed by atoms with Crippen molar-refractivity contribution in [2.45, 2.75) is 64.8 Å². The van der Waals surface area contributed by atoms with Gasteiger partial charge in [-0.1, -0.05) is 25.7 Å². The predicted molar refractivity (Wildman–Crippen MR) is 86.9 cm³/mol. The van der Waals surface area contributed by atoms with Crippen LogP contribution in [0, 0.1) is 13.8 Å². The number of methoxy groups -OCH3 is 1. The molecule has 4 nitrogen and oxygen atoms in total. The SMILES string of the molecule is COCCNCCc1c(C)nn(C2CCCCCC2)c1C. The van der Waals surface area contributed by atoms with Crippen molar-refractivity contribution in [2.75, 3.05) is 26.8 Å². The molecule has 1 saturated carbocycles. The number of aromatic nitrogens is 2. The molecule has 1 aromatic heterocycles. The molecule has 0 radical (unpaired) electrons. The summed E-state index contributed by atoms with van der Waals surface area (Å²) >= 11 is 0. The van der Waals surface area contributed by atoms with E-state index < -0.39 is 0 Å². The molecule has 1 N–H and O–H groups in total. The Morgan fingerprint density at radius 3 is 2.52 bits per heavy atom. The molecule has 0 aliphatic heterocycles. The van der Waals surface area contributed by atoms with Crippen molar-refractivity contribution < 1.29 is 4.74 Å². The molecule has 21 heavy (non-hydrogen) atoms. The van der Waals surface area contributed by atoms with Crippen LogP contribution in [0.2, 0.25) is 0 Å². The van der Waals surface area contributed by atoms with Crippen LogP contribution in [-0.4, -0.2) is 36.6 Å². The maximum atomic E-state index is 5.06. The fourth-order valence-corrected chi connectivity index (χ4v) is 3.43. The van der Waals surface area contributed by atoms with E-state index in [2.05, 4.69) is 23.8 Å². The first-order chi connectivity index (χ1) is 10.2. The molecule has 0 bridgehead atoms. The van der Waals surface area contributed by atoms with Gasteiger partial charge in [0, 0.05) is 19.3 Å². The minimum Gasteiger partial charge on any atom is -0.383 e. The number of nitrogens with one attached hydrogen (secondary N) is 1. The maximum Gasteiger partial charge on any atom is 0.0629 e. The number of hydrogen-bond acceptors (Lipinski definition) is 3. The van der Waals surface area contributed by atoms with Gasteiger partial charge in [0.05, 0.1) is 18.3 Å². The summed E-state index contributed by atoms with van der Waals surface area (Å²) in [5.41, 5.74) is 4.03. The quantitative estimate of drug-likeness (QED) is 0.620. The predicted octanol–water partition coefficient (Wildman–Crippen LogP) is 3.17. The molecule has 0 atom stereocenters. The number of ether oxygens (including phenoxy) is 1. The Morgan fingerprint density at radius 2 is 1.86 bits per heavy atom. The van der Waals surface area contributed by atoms with E-state index in [1.54, 1.807) is 7.11 Å². The van der Waals surface area contributed by atoms with Gasteiger partial charge in [-0.2, -0.15) is 5.10 Å². The molecular formula is C17H31N3O. The lowest BCUT2D eigenvalue weighted by atomic mass is 10.1. The van der Waals surface area contributed by atoms with Gasteiger partial charge >= 0.3 is 0 Å². The molecule has 4 heteroatoms. The van der Waals surface area contributed by atoms with Gasteiger partial charge in [0.2, 0.25) is 0 Å². The standard InChI is InChI=1S/C17H31N3O/c1-14-17(10-11-18-12-13-21-3)15(2)20(19-14)16-8-6-4-5-7-9-16/h16,18H,4-13H2,1-3H3. The molecule has 1 aliphatic rings. The Hall–Kier alpha value is -0.870. The zero-order chi connectivity index (χ0) is 15.1. The van der Waals surface area contributed by atoms with Crippen LogP contribution in [0.4, 0.5) is 0 Å². The molecule has 0 aromatic carbocycles. The van der Waals surface area contributed by atoms with Crippen molar-refractivity contribution in [1.82, 2.24) is 15.1 Å². The van der Waals surface area contributed by atoms with Gasteiger partial charge < -0.3 is 10.1 Å². The van der Waals surface area contributed by atoms with Gasteiger partial charge in [0.25, 0.3) is 0 Å². The normalized spacial score (nSPS) is 17.1. The van der Waals surface area contributed by atoms with Gasteiger partial charge in [-0.3, -0.25) is 4.68 Å². The van der Waals surface area contributed by atoms with E-state index in [0.717, 1.165) is 26.1 Å². The summed E-state index contributed by atoms with van der Waals surface area (Å²) in [5.74, 6) is 0. The second-order valence-corrected chi connectivity index (χ2v) is 6.23. The summed E-state index contributed by atoms with van der Waals surface area (Å²) in [4.78, 5) is 0. The van der Waals surface area contributed by atoms with Crippen molar-refractivity contribution in [3.05, 3.63) is 17.0 Å². The third-order valence-corrected chi connectivity index (χ3v) is 4.68. The Kier molecular flexibility index (Phi) is 6.71. The first-order valence-corrected chi connectivity index (χ1v) is 8.48. The highest BCUT2D eigenvalue weighted by atomic mass is 16.5. The van der Waals surface area contributed by atoms with Gasteiger partial charge in [-0.25, -0.2) is 0 Å². The number of hydrogen-bond donors (Lipinski definition) is 1. The second kappa shape index (κ2) is 8.54. The lowest BCUT2D eigenvalue weighted by molar-refractivity contribution is 0.199. The summed E-state index contributed by atoms with van der Waals surface area (Å²) in [7, 11) is 1.74. The Morgan fingerprint density at radius 1 is 1.14 bits per heavy atom. The van der Waals surface area contributed by atoms with E-state index >= 15 is 0 Å². The molecule has 1 heterocycles. The van der Waals surface area contributed by atoms with E-state index in [0.29, 0.717) is 6.04 Å². The van der Waals surface area contributed by atoms with Gasteiger partial charge in [-0.15, -0.1) is 0 Å². The fraction of sp³-hybridized carbons (Fsp3) is 0.824. The average Bonchev–Trinajstić information content (AvgIpc) is 2.69. The summed E-state index contributed by atoms with van der Waals surface area (Å²) in [5, 5.41) is 8.28. The minimum atomic E-state index is 0.626. The van der Waals surface area contributed by atoms with Crippen LogP contribution in [0.1, 0.15) is 61.5 Å². The van der Waals surface area contributed by atoms with E-state index in [1.807, 2.05) is 0 Å². The lowest BCUT2D eigenvalue weighted by Gasteiger charge is -2.17. The fourth-order valence-electron chi connectivity index (χ4n) is 3.43. The lowest BCUT2D eigenvalue weighted by Crippen LogP contribution is -2.22. The van der Waals surface area contributed by atoms with Gasteiger partial charge in [0.1, 0.15) is 0 Å². The molecule has 0 unspecified atom stereocenters. The smallest absolute Gasteiger partial charge is 0.0629 e. The monoisotopic (exact) mass is 293 g/mol. The molecule has 120 valence electrons. The number of nitrogens with zero attached hydrogens (tertiary/aromatic N) is 2. The summed E-state index contributed by atoms with van der Waals surface area (Å²) < 4.78 is 7.38. The summed E-state index contributed by atoms with van der Waals surface area (Å²) in [6.07, 6.45) is 9.17. The molecule has 0 amide bonds. The molecule has 1 fully saturated rings. The van der Waals surface area contributed by atoms with Crippen LogP contribution in [-0.2, 0) is 11.2 Å². The van der Waals surface area contributed by atoms with Crippen LogP contribution in [0.5, 0.6) is 0 Å². The summed E-state index contributed by atoms with van der Waals surface area (Å²) in [6, 6.07) is 0.626. The van der Waals surface area contributed by atoms with Crippen molar-refractivity contribution in [3.8, 4) is 0 Å². The van der Waals surface area contributed by atoms with E-state index in [1.165, 1.54) is 55.5 Å². The topological polar surface area (TPSA) is 39.1 Å². The summed E-state index contributed by atoms with van der Waals surface area (Å²) in [6.45, 7) is 7.10. The van der Waals surface area contributed by atoms with E-state index in [4.69, 9.17) is 9.84 Å². The molecule has 0 spiro atoms. The molecule has 0 saturated heterocycles. The highest BCUT2D eigenvalue weighted by molar-refractivity contribution is 5.25. The van der Waals surface area contributed by atoms with Gasteiger partial charge in [0.15, 0.2) is 0 Å². The Bertz CT molecular complexity index is 420. The first kappa shape index (κ1) is 16.5. The molecular weight excluding hydrogens is 262 g/mol. The molecule has 1 aliphatic carbocycles. The molecule has 1 aromatic rings. The number of rotatable bonds is 7. The zero-order valence-corrected chi connectivity index (χ0v) is 14.0. The third-order valence-electron chi connectivity index (χ3n) is 4.68. The zero-order valence-electron chi connectivity index (χ0n) is 14.0. The Balaban J connectivity index is 1.96. The van der Waals surface area contributed by atoms with Crippen LogP contribution in [0.15, 0.2) is 0 Å². The van der Waals surface area contributed by atoms with Crippen molar-refractivity contribution >= 4 is 0 Å².